The SMILES string of the molecule is N#Cc1ncc(N2C(=O)CCCN(c3ccc(OCCN4CCCC4)c(F)c3)C2=S)cc1C(F)(F)F. The first-order valence-electron chi connectivity index (χ1n) is 11.5. The van der Waals surface area contributed by atoms with E-state index in [2.05, 4.69) is 9.88 Å². The summed E-state index contributed by atoms with van der Waals surface area (Å²) in [7, 11) is 0. The summed E-state index contributed by atoms with van der Waals surface area (Å²) in [5, 5.41) is 8.89. The van der Waals surface area contributed by atoms with Crippen molar-refractivity contribution in [2.24, 2.45) is 0 Å². The highest BCUT2D eigenvalue weighted by Crippen LogP contribution is 2.35. The molecule has 3 heterocycles. The number of benzene rings is 1. The first kappa shape index (κ1) is 25.8. The Morgan fingerprint density at radius 3 is 2.53 bits per heavy atom. The third-order valence-electron chi connectivity index (χ3n) is 6.08. The van der Waals surface area contributed by atoms with Crippen molar-refractivity contribution in [1.82, 2.24) is 9.88 Å². The van der Waals surface area contributed by atoms with Crippen molar-refractivity contribution < 1.29 is 27.1 Å². The smallest absolute Gasteiger partial charge is 0.419 e. The van der Waals surface area contributed by atoms with Crippen molar-refractivity contribution in [3.8, 4) is 11.8 Å². The third-order valence-corrected chi connectivity index (χ3v) is 6.48. The highest BCUT2D eigenvalue weighted by atomic mass is 32.1. The number of alkyl halides is 3. The zero-order chi connectivity index (χ0) is 25.9. The van der Waals surface area contributed by atoms with Gasteiger partial charge in [0.25, 0.3) is 0 Å². The second-order valence-electron chi connectivity index (χ2n) is 8.48. The summed E-state index contributed by atoms with van der Waals surface area (Å²) in [5.74, 6) is -1.06. The lowest BCUT2D eigenvalue weighted by Gasteiger charge is -2.30. The fourth-order valence-electron chi connectivity index (χ4n) is 4.26. The van der Waals surface area contributed by atoms with E-state index in [1.54, 1.807) is 6.07 Å². The molecule has 0 N–H and O–H groups in total. The van der Waals surface area contributed by atoms with Crippen molar-refractivity contribution in [2.75, 3.05) is 42.6 Å². The Balaban J connectivity index is 1.56. The van der Waals surface area contributed by atoms with E-state index in [1.165, 1.54) is 23.1 Å². The summed E-state index contributed by atoms with van der Waals surface area (Å²) in [4.78, 5) is 21.1. The van der Waals surface area contributed by atoms with Crippen LogP contribution in [0.2, 0.25) is 0 Å². The molecule has 2 saturated heterocycles. The minimum Gasteiger partial charge on any atom is -0.489 e. The topological polar surface area (TPSA) is 72.7 Å². The van der Waals surface area contributed by atoms with Crippen LogP contribution >= 0.6 is 12.2 Å². The summed E-state index contributed by atoms with van der Waals surface area (Å²) in [6.07, 6.45) is -1.20. The van der Waals surface area contributed by atoms with Gasteiger partial charge in [0.05, 0.1) is 17.4 Å². The van der Waals surface area contributed by atoms with Crippen LogP contribution in [0.5, 0.6) is 5.75 Å². The van der Waals surface area contributed by atoms with Crippen LogP contribution in [0.4, 0.5) is 28.9 Å². The predicted octanol–water partition coefficient (Wildman–Crippen LogP) is 4.50. The molecule has 12 heteroatoms. The number of anilines is 2. The lowest BCUT2D eigenvalue weighted by atomic mass is 10.1. The molecule has 190 valence electrons. The van der Waals surface area contributed by atoms with Gasteiger partial charge in [-0.2, -0.15) is 18.4 Å². The Hall–Kier alpha value is -3.30. The average molecular weight is 522 g/mol. The molecule has 2 aliphatic rings. The van der Waals surface area contributed by atoms with E-state index in [0.29, 0.717) is 31.3 Å². The molecular weight excluding hydrogens is 498 g/mol. The highest BCUT2D eigenvalue weighted by molar-refractivity contribution is 7.81. The second-order valence-corrected chi connectivity index (χ2v) is 8.84. The molecule has 2 aliphatic heterocycles. The van der Waals surface area contributed by atoms with Gasteiger partial charge in [-0.25, -0.2) is 9.37 Å². The number of likely N-dealkylation sites (tertiary alicyclic amines) is 1. The van der Waals surface area contributed by atoms with E-state index in [9.17, 15) is 22.4 Å². The average Bonchev–Trinajstić information content (AvgIpc) is 3.31. The van der Waals surface area contributed by atoms with Crippen molar-refractivity contribution >= 4 is 34.6 Å². The molecular formula is C24H23F4N5O2S. The minimum absolute atomic E-state index is 0.0121. The standard InChI is InChI=1S/C24H23F4N5O2S/c25-19-13-16(5-6-21(19)35-11-10-31-7-1-2-8-31)32-9-3-4-22(34)33(23(32)36)17-12-18(24(26,27)28)20(14-29)30-15-17/h5-6,12-13,15H,1-4,7-11H2. The van der Waals surface area contributed by atoms with Gasteiger partial charge in [-0.1, -0.05) is 0 Å². The van der Waals surface area contributed by atoms with Gasteiger partial charge in [0.1, 0.15) is 12.7 Å². The summed E-state index contributed by atoms with van der Waals surface area (Å²) < 4.78 is 60.8. The maximum atomic E-state index is 14.8. The molecule has 4 rings (SSSR count). The molecule has 0 atom stereocenters. The van der Waals surface area contributed by atoms with Crippen LogP contribution in [0.3, 0.4) is 0 Å². The van der Waals surface area contributed by atoms with Crippen molar-refractivity contribution in [3.05, 3.63) is 47.5 Å². The normalized spacial score (nSPS) is 17.3. The van der Waals surface area contributed by atoms with Crippen LogP contribution in [0.15, 0.2) is 30.5 Å². The third kappa shape index (κ3) is 5.57. The fourth-order valence-corrected chi connectivity index (χ4v) is 4.67. The lowest BCUT2D eigenvalue weighted by Crippen LogP contribution is -2.44. The number of hydrogen-bond acceptors (Lipinski definition) is 6. The molecule has 1 aromatic carbocycles. The molecule has 1 amide bonds. The van der Waals surface area contributed by atoms with Crippen LogP contribution in [0.1, 0.15) is 36.9 Å². The zero-order valence-corrected chi connectivity index (χ0v) is 20.0. The Kier molecular flexibility index (Phi) is 7.70. The summed E-state index contributed by atoms with van der Waals surface area (Å²) >= 11 is 5.48. The van der Waals surface area contributed by atoms with Crippen LogP contribution in [0.25, 0.3) is 0 Å². The molecule has 0 spiro atoms. The Labute approximate surface area is 210 Å². The van der Waals surface area contributed by atoms with Crippen LogP contribution in [0, 0.1) is 17.1 Å². The maximum Gasteiger partial charge on any atom is 0.419 e. The van der Waals surface area contributed by atoms with Crippen molar-refractivity contribution in [2.45, 2.75) is 31.9 Å². The predicted molar refractivity (Wildman–Crippen MR) is 128 cm³/mol. The molecule has 0 radical (unpaired) electrons. The van der Waals surface area contributed by atoms with Gasteiger partial charge >= 0.3 is 6.18 Å². The van der Waals surface area contributed by atoms with Crippen LogP contribution in [-0.2, 0) is 11.0 Å². The molecule has 0 unspecified atom stereocenters. The van der Waals surface area contributed by atoms with E-state index in [-0.39, 0.29) is 29.5 Å². The van der Waals surface area contributed by atoms with Gasteiger partial charge < -0.3 is 9.64 Å². The number of aromatic nitrogens is 1. The summed E-state index contributed by atoms with van der Waals surface area (Å²) in [5.41, 5.74) is -1.96. The van der Waals surface area contributed by atoms with Crippen molar-refractivity contribution in [3.63, 3.8) is 0 Å². The number of nitrogens with zero attached hydrogens (tertiary/aromatic N) is 5. The quantitative estimate of drug-likeness (QED) is 0.409. The number of pyridine rings is 1. The van der Waals surface area contributed by atoms with E-state index < -0.39 is 29.2 Å². The molecule has 36 heavy (non-hydrogen) atoms. The maximum absolute atomic E-state index is 14.8. The van der Waals surface area contributed by atoms with E-state index in [1.807, 2.05) is 0 Å². The number of nitriles is 1. The number of carbonyl (C=O) groups is 1. The fraction of sp³-hybridized carbons (Fsp3) is 0.417. The lowest BCUT2D eigenvalue weighted by molar-refractivity contribution is -0.138. The second kappa shape index (κ2) is 10.8. The molecule has 7 nitrogen and oxygen atoms in total. The van der Waals surface area contributed by atoms with Crippen LogP contribution < -0.4 is 14.5 Å². The van der Waals surface area contributed by atoms with Gasteiger partial charge in [-0.15, -0.1) is 0 Å². The van der Waals surface area contributed by atoms with E-state index in [0.717, 1.165) is 37.0 Å². The molecule has 0 saturated carbocycles. The number of rotatable bonds is 6. The Morgan fingerprint density at radius 2 is 1.86 bits per heavy atom. The number of thiocarbonyl (C=S) groups is 1. The first-order valence-corrected chi connectivity index (χ1v) is 11.9. The monoisotopic (exact) mass is 521 g/mol. The molecule has 2 aromatic rings. The number of amides is 1. The largest absolute Gasteiger partial charge is 0.489 e. The number of ether oxygens (including phenoxy) is 1. The molecule has 1 aromatic heterocycles. The van der Waals surface area contributed by atoms with E-state index in [4.69, 9.17) is 22.2 Å². The zero-order valence-electron chi connectivity index (χ0n) is 19.2. The molecule has 0 bridgehead atoms. The Morgan fingerprint density at radius 1 is 1.11 bits per heavy atom. The number of hydrogen-bond donors (Lipinski definition) is 0. The first-order chi connectivity index (χ1) is 17.2. The molecule has 2 fully saturated rings. The van der Waals surface area contributed by atoms with Gasteiger partial charge in [-0.05, 0) is 62.8 Å². The van der Waals surface area contributed by atoms with E-state index >= 15 is 0 Å². The van der Waals surface area contributed by atoms with Gasteiger partial charge in [0, 0.05) is 31.3 Å². The summed E-state index contributed by atoms with van der Waals surface area (Å²) in [6.45, 7) is 3.31. The number of carbonyl (C=O) groups excluding carboxylic acids is 1. The van der Waals surface area contributed by atoms with Gasteiger partial charge in [0.15, 0.2) is 22.4 Å². The van der Waals surface area contributed by atoms with Gasteiger partial charge in [-0.3, -0.25) is 14.6 Å². The number of halogens is 4. The van der Waals surface area contributed by atoms with Crippen molar-refractivity contribution in [1.29, 1.82) is 5.26 Å². The van der Waals surface area contributed by atoms with Gasteiger partial charge in [0.2, 0.25) is 5.91 Å². The highest BCUT2D eigenvalue weighted by Gasteiger charge is 2.37. The summed E-state index contributed by atoms with van der Waals surface area (Å²) in [6, 6.07) is 6.37. The molecule has 0 aliphatic carbocycles. The Bertz CT molecular complexity index is 1190. The minimum atomic E-state index is -4.85. The van der Waals surface area contributed by atoms with Crippen LogP contribution in [-0.4, -0.2) is 53.7 Å².